The number of carbonyl (C=O) groups is 3. The van der Waals surface area contributed by atoms with Crippen LogP contribution in [-0.2, 0) is 23.9 Å². The summed E-state index contributed by atoms with van der Waals surface area (Å²) in [6.45, 7) is 4.77. The van der Waals surface area contributed by atoms with E-state index < -0.39 is 12.2 Å². The molecule has 0 aliphatic heterocycles. The molecular weight excluding hydrogens is 448 g/mol. The summed E-state index contributed by atoms with van der Waals surface area (Å²) in [6.07, 6.45) is 15.2. The lowest BCUT2D eigenvalue weighted by Gasteiger charge is -2.24. The van der Waals surface area contributed by atoms with Gasteiger partial charge >= 0.3 is 11.9 Å². The molecule has 3 N–H and O–H groups in total. The summed E-state index contributed by atoms with van der Waals surface area (Å²) >= 11 is 0. The first kappa shape index (κ1) is 33.1. The van der Waals surface area contributed by atoms with Gasteiger partial charge in [-0.1, -0.05) is 51.2 Å². The second-order valence-electron chi connectivity index (χ2n) is 9.36. The van der Waals surface area contributed by atoms with Crippen molar-refractivity contribution in [1.82, 2.24) is 4.90 Å². The molecule has 0 aromatic rings. The molecule has 0 aliphatic carbocycles. The maximum absolute atomic E-state index is 12.5. The zero-order valence-electron chi connectivity index (χ0n) is 22.3. The molecule has 0 fully saturated rings. The Morgan fingerprint density at radius 2 is 1.69 bits per heavy atom. The molecular formula is C27H50N2O6. The van der Waals surface area contributed by atoms with Crippen molar-refractivity contribution in [1.29, 1.82) is 0 Å². The van der Waals surface area contributed by atoms with Crippen LogP contribution in [0.1, 0.15) is 104 Å². The summed E-state index contributed by atoms with van der Waals surface area (Å²) in [5, 5.41) is 10.7. The molecule has 0 bridgehead atoms. The Labute approximate surface area is 212 Å². The molecule has 204 valence electrons. The number of nitrogens with zero attached hydrogens (tertiary/aromatic N) is 1. The van der Waals surface area contributed by atoms with Crippen LogP contribution < -0.4 is 5.73 Å². The number of allylic oxidation sites excluding steroid dienone is 1. The maximum Gasteiger partial charge on any atom is 0.320 e. The van der Waals surface area contributed by atoms with Crippen molar-refractivity contribution in [3.8, 4) is 0 Å². The third-order valence-corrected chi connectivity index (χ3v) is 5.78. The van der Waals surface area contributed by atoms with Gasteiger partial charge in [0.15, 0.2) is 0 Å². The molecule has 1 amide bonds. The summed E-state index contributed by atoms with van der Waals surface area (Å²) < 4.78 is 10.6. The van der Waals surface area contributed by atoms with Gasteiger partial charge in [0.1, 0.15) is 6.10 Å². The molecule has 0 aromatic heterocycles. The third-order valence-electron chi connectivity index (χ3n) is 5.78. The number of nitrogens with two attached hydrogens (primary N) is 1. The predicted octanol–water partition coefficient (Wildman–Crippen LogP) is 4.28. The highest BCUT2D eigenvalue weighted by molar-refractivity contribution is 5.73. The second kappa shape index (κ2) is 22.5. The van der Waals surface area contributed by atoms with E-state index in [1.807, 2.05) is 18.0 Å². The SMILES string of the molecule is CCCCCC(OC(=O)CN(C)CCCCOC(C)=O)C(O)C/C=C\CCCCCCCC(N)=O. The van der Waals surface area contributed by atoms with E-state index in [0.717, 1.165) is 70.6 Å². The third kappa shape index (κ3) is 22.3. The van der Waals surface area contributed by atoms with Gasteiger partial charge in [0, 0.05) is 13.3 Å². The normalized spacial score (nSPS) is 13.2. The molecule has 8 nitrogen and oxygen atoms in total. The number of aliphatic hydroxyl groups excluding tert-OH is 1. The van der Waals surface area contributed by atoms with E-state index in [9.17, 15) is 19.5 Å². The Bertz CT molecular complexity index is 596. The number of hydrogen-bond donors (Lipinski definition) is 2. The van der Waals surface area contributed by atoms with E-state index in [1.54, 1.807) is 0 Å². The first-order valence-corrected chi connectivity index (χ1v) is 13.4. The van der Waals surface area contributed by atoms with Crippen LogP contribution in [0.25, 0.3) is 0 Å². The van der Waals surface area contributed by atoms with Crippen LogP contribution in [0.5, 0.6) is 0 Å². The van der Waals surface area contributed by atoms with Gasteiger partial charge in [-0.05, 0) is 65.0 Å². The first-order valence-electron chi connectivity index (χ1n) is 13.4. The average molecular weight is 499 g/mol. The van der Waals surface area contributed by atoms with Crippen LogP contribution in [0.2, 0.25) is 0 Å². The molecule has 0 heterocycles. The minimum atomic E-state index is -0.713. The van der Waals surface area contributed by atoms with Crippen molar-refractivity contribution >= 4 is 17.8 Å². The van der Waals surface area contributed by atoms with E-state index in [0.29, 0.717) is 32.4 Å². The lowest BCUT2D eigenvalue weighted by molar-refractivity contribution is -0.156. The molecule has 35 heavy (non-hydrogen) atoms. The summed E-state index contributed by atoms with van der Waals surface area (Å²) in [7, 11) is 1.86. The number of likely N-dealkylation sites (N-methyl/N-ethyl adjacent to an activating group) is 1. The van der Waals surface area contributed by atoms with Gasteiger partial charge in [0.25, 0.3) is 0 Å². The number of rotatable bonds is 23. The molecule has 0 spiro atoms. The highest BCUT2D eigenvalue weighted by Gasteiger charge is 2.22. The minimum absolute atomic E-state index is 0.167. The molecule has 8 heteroatoms. The zero-order valence-corrected chi connectivity index (χ0v) is 22.3. The number of ether oxygens (including phenoxy) is 2. The van der Waals surface area contributed by atoms with Crippen molar-refractivity contribution in [2.75, 3.05) is 26.7 Å². The van der Waals surface area contributed by atoms with Gasteiger partial charge in [-0.15, -0.1) is 0 Å². The number of carbonyl (C=O) groups excluding carboxylic acids is 3. The number of amides is 1. The van der Waals surface area contributed by atoms with Crippen molar-refractivity contribution in [3.63, 3.8) is 0 Å². The molecule has 2 atom stereocenters. The monoisotopic (exact) mass is 498 g/mol. The highest BCUT2D eigenvalue weighted by Crippen LogP contribution is 2.15. The maximum atomic E-state index is 12.5. The van der Waals surface area contributed by atoms with E-state index in [2.05, 4.69) is 13.0 Å². The summed E-state index contributed by atoms with van der Waals surface area (Å²) in [6, 6.07) is 0. The van der Waals surface area contributed by atoms with Gasteiger partial charge in [-0.25, -0.2) is 0 Å². The number of esters is 2. The number of unbranched alkanes of at least 4 members (excludes halogenated alkanes) is 8. The number of primary amides is 1. The van der Waals surface area contributed by atoms with Crippen molar-refractivity contribution in [2.45, 2.75) is 116 Å². The van der Waals surface area contributed by atoms with Crippen LogP contribution in [0.4, 0.5) is 0 Å². The number of hydrogen-bond acceptors (Lipinski definition) is 7. The Morgan fingerprint density at radius 1 is 0.971 bits per heavy atom. The Hall–Kier alpha value is -1.93. The van der Waals surface area contributed by atoms with Gasteiger partial charge in [0.05, 0.1) is 19.3 Å². The van der Waals surface area contributed by atoms with E-state index in [-0.39, 0.29) is 24.4 Å². The van der Waals surface area contributed by atoms with E-state index >= 15 is 0 Å². The molecule has 0 saturated heterocycles. The fourth-order valence-electron chi connectivity index (χ4n) is 3.73. The summed E-state index contributed by atoms with van der Waals surface area (Å²) in [5.41, 5.74) is 5.14. The van der Waals surface area contributed by atoms with Gasteiger partial charge in [-0.3, -0.25) is 19.3 Å². The smallest absolute Gasteiger partial charge is 0.320 e. The average Bonchev–Trinajstić information content (AvgIpc) is 2.78. The zero-order chi connectivity index (χ0) is 26.3. The molecule has 2 unspecified atom stereocenters. The molecule has 0 rings (SSSR count). The van der Waals surface area contributed by atoms with Crippen LogP contribution in [0.3, 0.4) is 0 Å². The van der Waals surface area contributed by atoms with Gasteiger partial charge in [-0.2, -0.15) is 0 Å². The fraction of sp³-hybridized carbons (Fsp3) is 0.815. The molecule has 0 saturated carbocycles. The van der Waals surface area contributed by atoms with Crippen LogP contribution >= 0.6 is 0 Å². The summed E-state index contributed by atoms with van der Waals surface area (Å²) in [5.74, 6) is -0.836. The number of aliphatic hydroxyl groups is 1. The van der Waals surface area contributed by atoms with E-state index in [1.165, 1.54) is 6.92 Å². The Morgan fingerprint density at radius 3 is 2.37 bits per heavy atom. The van der Waals surface area contributed by atoms with E-state index in [4.69, 9.17) is 15.2 Å². The lowest BCUT2D eigenvalue weighted by Crippen LogP contribution is -2.36. The lowest BCUT2D eigenvalue weighted by atomic mass is 10.0. The largest absolute Gasteiger partial charge is 0.466 e. The van der Waals surface area contributed by atoms with Gasteiger partial charge in [0.2, 0.25) is 5.91 Å². The standard InChI is InChI=1S/C27H50N2O6/c1-4-5-12-18-25(35-27(33)22-29(3)20-15-16-21-34-23(2)30)24(31)17-13-10-8-6-7-9-11-14-19-26(28)32/h10,13,24-25,31H,4-9,11-12,14-22H2,1-3H3,(H2,28,32)/b13-10-. The topological polar surface area (TPSA) is 119 Å². The van der Waals surface area contributed by atoms with Crippen LogP contribution in [-0.4, -0.2) is 66.8 Å². The van der Waals surface area contributed by atoms with Gasteiger partial charge < -0.3 is 20.3 Å². The highest BCUT2D eigenvalue weighted by atomic mass is 16.6. The van der Waals surface area contributed by atoms with Crippen molar-refractivity contribution < 1.29 is 29.0 Å². The Balaban J connectivity index is 4.27. The first-order chi connectivity index (χ1) is 16.8. The van der Waals surface area contributed by atoms with Crippen LogP contribution in [0, 0.1) is 0 Å². The minimum Gasteiger partial charge on any atom is -0.466 e. The summed E-state index contributed by atoms with van der Waals surface area (Å²) in [4.78, 5) is 35.8. The van der Waals surface area contributed by atoms with Crippen molar-refractivity contribution in [2.24, 2.45) is 5.73 Å². The second-order valence-corrected chi connectivity index (χ2v) is 9.36. The van der Waals surface area contributed by atoms with Crippen molar-refractivity contribution in [3.05, 3.63) is 12.2 Å². The molecule has 0 aromatic carbocycles. The fourth-order valence-corrected chi connectivity index (χ4v) is 3.73. The Kier molecular flexibility index (Phi) is 21.3. The quantitative estimate of drug-likeness (QED) is 0.123. The van der Waals surface area contributed by atoms with Crippen LogP contribution in [0.15, 0.2) is 12.2 Å². The molecule has 0 aliphatic rings. The predicted molar refractivity (Wildman–Crippen MR) is 139 cm³/mol. The molecule has 0 radical (unpaired) electrons.